The number of hydrogen-bond donors (Lipinski definition) is 1. The van der Waals surface area contributed by atoms with Crippen LogP contribution in [0.5, 0.6) is 0 Å². The molecule has 0 aliphatic carbocycles. The first-order valence-electron chi connectivity index (χ1n) is 8.23. The van der Waals surface area contributed by atoms with E-state index in [0.717, 1.165) is 36.4 Å². The second kappa shape index (κ2) is 7.36. The molecule has 5 nitrogen and oxygen atoms in total. The largest absolute Gasteiger partial charge is 0.376 e. The van der Waals surface area contributed by atoms with Crippen LogP contribution in [0.4, 0.5) is 0 Å². The third kappa shape index (κ3) is 3.79. The van der Waals surface area contributed by atoms with E-state index in [0.29, 0.717) is 23.7 Å². The van der Waals surface area contributed by atoms with Crippen molar-refractivity contribution in [3.63, 3.8) is 0 Å². The summed E-state index contributed by atoms with van der Waals surface area (Å²) in [4.78, 5) is 12.2. The normalized spacial score (nSPS) is 17.2. The van der Waals surface area contributed by atoms with Gasteiger partial charge >= 0.3 is 0 Å². The summed E-state index contributed by atoms with van der Waals surface area (Å²) < 4.78 is 7.39. The van der Waals surface area contributed by atoms with Crippen LogP contribution in [0.2, 0.25) is 5.02 Å². The van der Waals surface area contributed by atoms with Crippen LogP contribution < -0.4 is 5.32 Å². The van der Waals surface area contributed by atoms with Gasteiger partial charge in [-0.05, 0) is 44.4 Å². The number of benzene rings is 1. The van der Waals surface area contributed by atoms with Crippen molar-refractivity contribution >= 4 is 17.5 Å². The molecule has 1 aromatic heterocycles. The van der Waals surface area contributed by atoms with Gasteiger partial charge in [-0.2, -0.15) is 5.10 Å². The monoisotopic (exact) mass is 347 g/mol. The number of aromatic nitrogens is 2. The van der Waals surface area contributed by atoms with Gasteiger partial charge in [0, 0.05) is 18.7 Å². The van der Waals surface area contributed by atoms with E-state index in [1.54, 1.807) is 0 Å². The minimum Gasteiger partial charge on any atom is -0.376 e. The molecule has 24 heavy (non-hydrogen) atoms. The summed E-state index contributed by atoms with van der Waals surface area (Å²) in [5.41, 5.74) is 3.52. The third-order valence-electron chi connectivity index (χ3n) is 4.36. The van der Waals surface area contributed by atoms with Crippen molar-refractivity contribution in [1.82, 2.24) is 15.1 Å². The molecule has 0 radical (unpaired) electrons. The van der Waals surface area contributed by atoms with Crippen molar-refractivity contribution in [2.24, 2.45) is 0 Å². The Morgan fingerprint density at radius 1 is 1.38 bits per heavy atom. The Morgan fingerprint density at radius 2 is 2.12 bits per heavy atom. The summed E-state index contributed by atoms with van der Waals surface area (Å²) in [7, 11) is 0. The number of ether oxygens (including phenoxy) is 1. The fourth-order valence-corrected chi connectivity index (χ4v) is 3.01. The summed E-state index contributed by atoms with van der Waals surface area (Å²) in [5.74, 6) is -0.0637. The lowest BCUT2D eigenvalue weighted by Gasteiger charge is -2.11. The van der Waals surface area contributed by atoms with E-state index < -0.39 is 0 Å². The van der Waals surface area contributed by atoms with Gasteiger partial charge in [-0.15, -0.1) is 0 Å². The van der Waals surface area contributed by atoms with Gasteiger partial charge in [-0.3, -0.25) is 9.48 Å². The Labute approximate surface area is 147 Å². The maximum Gasteiger partial charge on any atom is 0.251 e. The third-order valence-corrected chi connectivity index (χ3v) is 4.90. The second-order valence-electron chi connectivity index (χ2n) is 6.18. The minimum absolute atomic E-state index is 0.0637. The molecule has 0 saturated carbocycles. The Bertz CT molecular complexity index is 719. The lowest BCUT2D eigenvalue weighted by molar-refractivity contribution is 0.0858. The Hall–Kier alpha value is -1.85. The molecule has 2 aromatic rings. The van der Waals surface area contributed by atoms with Crippen LogP contribution in [0.25, 0.3) is 0 Å². The first-order chi connectivity index (χ1) is 11.5. The predicted molar refractivity (Wildman–Crippen MR) is 93.6 cm³/mol. The van der Waals surface area contributed by atoms with E-state index in [2.05, 4.69) is 10.4 Å². The molecule has 1 aliphatic heterocycles. The van der Waals surface area contributed by atoms with Crippen LogP contribution in [-0.4, -0.2) is 34.9 Å². The summed E-state index contributed by atoms with van der Waals surface area (Å²) in [6, 6.07) is 7.58. The van der Waals surface area contributed by atoms with E-state index in [1.807, 2.05) is 42.8 Å². The smallest absolute Gasteiger partial charge is 0.251 e. The maximum atomic E-state index is 12.2. The topological polar surface area (TPSA) is 56.2 Å². The average molecular weight is 348 g/mol. The van der Waals surface area contributed by atoms with Gasteiger partial charge in [-0.1, -0.05) is 23.7 Å². The number of aryl methyl sites for hydroxylation is 1. The number of hydrogen-bond acceptors (Lipinski definition) is 3. The summed E-state index contributed by atoms with van der Waals surface area (Å²) in [6.45, 7) is 5.86. The Balaban J connectivity index is 1.60. The van der Waals surface area contributed by atoms with Crippen molar-refractivity contribution < 1.29 is 9.53 Å². The van der Waals surface area contributed by atoms with E-state index in [9.17, 15) is 4.79 Å². The van der Waals surface area contributed by atoms with Gasteiger partial charge in [0.15, 0.2) is 0 Å². The highest BCUT2D eigenvalue weighted by Crippen LogP contribution is 2.20. The lowest BCUT2D eigenvalue weighted by Crippen LogP contribution is -2.31. The predicted octanol–water partition coefficient (Wildman–Crippen LogP) is 3.11. The van der Waals surface area contributed by atoms with Crippen molar-refractivity contribution in [3.05, 3.63) is 51.8 Å². The van der Waals surface area contributed by atoms with Gasteiger partial charge in [0.1, 0.15) is 0 Å². The molecule has 0 bridgehead atoms. The van der Waals surface area contributed by atoms with Crippen molar-refractivity contribution in [1.29, 1.82) is 0 Å². The van der Waals surface area contributed by atoms with E-state index >= 15 is 0 Å². The van der Waals surface area contributed by atoms with Crippen LogP contribution in [0.15, 0.2) is 24.3 Å². The number of halogens is 1. The van der Waals surface area contributed by atoms with Gasteiger partial charge in [0.05, 0.1) is 29.1 Å². The molecular weight excluding hydrogens is 326 g/mol. The zero-order valence-electron chi connectivity index (χ0n) is 14.0. The quantitative estimate of drug-likeness (QED) is 0.904. The maximum absolute atomic E-state index is 12.2. The fourth-order valence-electron chi connectivity index (χ4n) is 2.88. The van der Waals surface area contributed by atoms with Crippen LogP contribution in [0.1, 0.15) is 40.2 Å². The molecule has 1 unspecified atom stereocenters. The Morgan fingerprint density at radius 3 is 2.71 bits per heavy atom. The second-order valence-corrected chi connectivity index (χ2v) is 6.56. The molecule has 2 heterocycles. The molecule has 0 spiro atoms. The fraction of sp³-hybridized carbons (Fsp3) is 0.444. The molecule has 1 aromatic carbocycles. The molecule has 1 amide bonds. The zero-order valence-corrected chi connectivity index (χ0v) is 14.8. The van der Waals surface area contributed by atoms with Crippen LogP contribution in [-0.2, 0) is 11.3 Å². The van der Waals surface area contributed by atoms with E-state index in [1.165, 1.54) is 0 Å². The first kappa shape index (κ1) is 17.0. The summed E-state index contributed by atoms with van der Waals surface area (Å²) >= 11 is 6.17. The van der Waals surface area contributed by atoms with Gasteiger partial charge in [0.25, 0.3) is 5.91 Å². The summed E-state index contributed by atoms with van der Waals surface area (Å²) in [6.07, 6.45) is 2.25. The number of nitrogens with one attached hydrogen (secondary N) is 1. The highest BCUT2D eigenvalue weighted by molar-refractivity contribution is 6.31. The lowest BCUT2D eigenvalue weighted by atomic mass is 10.1. The minimum atomic E-state index is -0.0637. The molecule has 1 atom stereocenters. The van der Waals surface area contributed by atoms with Gasteiger partial charge < -0.3 is 10.1 Å². The number of rotatable bonds is 5. The highest BCUT2D eigenvalue weighted by atomic mass is 35.5. The van der Waals surface area contributed by atoms with Crippen molar-refractivity contribution in [3.8, 4) is 0 Å². The summed E-state index contributed by atoms with van der Waals surface area (Å²) in [5, 5.41) is 8.07. The molecule has 1 fully saturated rings. The van der Waals surface area contributed by atoms with Gasteiger partial charge in [-0.25, -0.2) is 0 Å². The molecule has 1 saturated heterocycles. The van der Waals surface area contributed by atoms with E-state index in [-0.39, 0.29) is 12.0 Å². The number of carbonyl (C=O) groups excluding carboxylic acids is 1. The molecule has 128 valence electrons. The van der Waals surface area contributed by atoms with Crippen LogP contribution in [0, 0.1) is 13.8 Å². The van der Waals surface area contributed by atoms with Gasteiger partial charge in [0.2, 0.25) is 0 Å². The van der Waals surface area contributed by atoms with Crippen LogP contribution in [0.3, 0.4) is 0 Å². The molecule has 1 N–H and O–H groups in total. The highest BCUT2D eigenvalue weighted by Gasteiger charge is 2.16. The molecular formula is C18H22ClN3O2. The molecule has 6 heteroatoms. The standard InChI is InChI=1S/C18H22ClN3O2/c1-12-17(19)13(2)22(21-12)11-14-5-7-15(8-6-14)18(23)20-10-16-4-3-9-24-16/h5-8,16H,3-4,9-11H2,1-2H3,(H,20,23). The zero-order chi connectivity index (χ0) is 17.1. The number of amides is 1. The SMILES string of the molecule is Cc1nn(Cc2ccc(C(=O)NCC3CCCO3)cc2)c(C)c1Cl. The average Bonchev–Trinajstić information content (AvgIpc) is 3.19. The van der Waals surface area contributed by atoms with Crippen molar-refractivity contribution in [2.45, 2.75) is 39.3 Å². The molecule has 3 rings (SSSR count). The number of carbonyl (C=O) groups is 1. The van der Waals surface area contributed by atoms with Crippen LogP contribution >= 0.6 is 11.6 Å². The number of nitrogens with zero attached hydrogens (tertiary/aromatic N) is 2. The van der Waals surface area contributed by atoms with Crippen molar-refractivity contribution in [2.75, 3.05) is 13.2 Å². The Kier molecular flexibility index (Phi) is 5.21. The van der Waals surface area contributed by atoms with E-state index in [4.69, 9.17) is 16.3 Å². The first-order valence-corrected chi connectivity index (χ1v) is 8.60. The molecule has 1 aliphatic rings.